The Labute approximate surface area is 482 Å². The van der Waals surface area contributed by atoms with Crippen LogP contribution in [0.1, 0.15) is 48.0 Å². The molecule has 2 heterocycles. The van der Waals surface area contributed by atoms with Gasteiger partial charge in [-0.3, -0.25) is 14.7 Å². The fourth-order valence-corrected chi connectivity index (χ4v) is 7.32. The number of phenolic OH excluding ortho intramolecular Hbond substituents is 1. The standard InChI is InChI=1S/C42H37N3O5S.C2H6.3CH3.3K/c1-2-51-22-21-45(26-29-10-7-8-20-43-29)25-28-9-3-6-13-37(28)44-24-36-38(47)19-18-35-39(32-11-4-5-12-33(32)42(48)49)34-16-14-27-23-30(46)15-17-31(27)40(34)50-41(35)36;1-2;;;;;;/h3-20,23,44,47H,2,21-22,24-26H2,1H3,(H,48,49);1-2H3;3*1H3;;;/q;;3*-1;3*+1. The first-order chi connectivity index (χ1) is 25.9. The maximum Gasteiger partial charge on any atom is 1.00 e. The van der Waals surface area contributed by atoms with Crippen molar-refractivity contribution in [3.63, 3.8) is 0 Å². The molecule has 0 saturated carbocycles. The minimum Gasteiger partial charge on any atom is -0.507 e. The van der Waals surface area contributed by atoms with Crippen LogP contribution in [-0.2, 0) is 19.6 Å². The average Bonchev–Trinajstić information content (AvgIpc) is 3.18. The van der Waals surface area contributed by atoms with E-state index in [1.165, 1.54) is 6.07 Å². The number of fused-ring (bicyclic) bond motifs is 4. The van der Waals surface area contributed by atoms with Crippen LogP contribution in [0.15, 0.2) is 125 Å². The Bertz CT molecular complexity index is 2450. The third kappa shape index (κ3) is 14.4. The molecule has 0 radical (unpaired) electrons. The molecule has 7 aromatic rings. The van der Waals surface area contributed by atoms with Crippen molar-refractivity contribution in [2.45, 2.75) is 40.4 Å². The number of nitrogens with zero attached hydrogens (tertiary/aromatic N) is 2. The first kappa shape index (κ1) is 58.3. The number of pyridine rings is 1. The van der Waals surface area contributed by atoms with Crippen LogP contribution in [0.25, 0.3) is 43.8 Å². The van der Waals surface area contributed by atoms with Crippen LogP contribution >= 0.6 is 11.8 Å². The van der Waals surface area contributed by atoms with Crippen molar-refractivity contribution in [2.75, 3.05) is 23.4 Å². The summed E-state index contributed by atoms with van der Waals surface area (Å²) in [5.41, 5.74) is 5.72. The molecule has 59 heavy (non-hydrogen) atoms. The van der Waals surface area contributed by atoms with Crippen molar-refractivity contribution in [2.24, 2.45) is 0 Å². The number of carboxylic acid groups (broad SMARTS) is 1. The van der Waals surface area contributed by atoms with E-state index >= 15 is 0 Å². The van der Waals surface area contributed by atoms with Gasteiger partial charge in [-0.2, -0.15) is 11.8 Å². The van der Waals surface area contributed by atoms with Crippen molar-refractivity contribution >= 4 is 56.1 Å². The molecule has 0 aliphatic rings. The van der Waals surface area contributed by atoms with E-state index < -0.39 is 5.97 Å². The number of hydrogen-bond donors (Lipinski definition) is 3. The fraction of sp³-hybridized carbons (Fsp3) is 0.191. The third-order valence-corrected chi connectivity index (χ3v) is 9.96. The minimum absolute atomic E-state index is 0. The molecular weight excluding hydrogens is 836 g/mol. The van der Waals surface area contributed by atoms with Gasteiger partial charge in [0.05, 0.1) is 16.8 Å². The molecule has 8 nitrogen and oxygen atoms in total. The number of phenols is 1. The first-order valence-corrected chi connectivity index (χ1v) is 19.1. The molecule has 0 bridgehead atoms. The maximum atomic E-state index is 12.5. The number of aromatic carboxylic acids is 1. The molecule has 12 heteroatoms. The minimum atomic E-state index is -1.05. The van der Waals surface area contributed by atoms with E-state index in [0.717, 1.165) is 41.5 Å². The van der Waals surface area contributed by atoms with Crippen molar-refractivity contribution in [1.29, 1.82) is 0 Å². The second kappa shape index (κ2) is 28.9. The molecular formula is C47H52K3N3O5S. The second-order valence-electron chi connectivity index (χ2n) is 12.3. The molecule has 2 aromatic heterocycles. The molecule has 5 aromatic carbocycles. The first-order valence-electron chi connectivity index (χ1n) is 17.9. The van der Waals surface area contributed by atoms with Crippen LogP contribution < -0.4 is 165 Å². The van der Waals surface area contributed by atoms with Crippen LogP contribution in [0.3, 0.4) is 0 Å². The summed E-state index contributed by atoms with van der Waals surface area (Å²) >= 11 is 1.91. The molecule has 7 rings (SSSR count). The van der Waals surface area contributed by atoms with E-state index in [-0.39, 0.29) is 200 Å². The molecule has 0 saturated heterocycles. The summed E-state index contributed by atoms with van der Waals surface area (Å²) in [4.78, 5) is 31.7. The van der Waals surface area contributed by atoms with Gasteiger partial charge in [-0.25, -0.2) is 4.79 Å². The Morgan fingerprint density at radius 3 is 2.17 bits per heavy atom. The number of hydrogen-bond acceptors (Lipinski definition) is 8. The van der Waals surface area contributed by atoms with Gasteiger partial charge in [0.25, 0.3) is 0 Å². The average molecular weight is 888 g/mol. The van der Waals surface area contributed by atoms with Gasteiger partial charge in [0.2, 0.25) is 0 Å². The SMILES string of the molecule is CC.CCSCCN(Cc1ccccn1)Cc1ccccc1NCc1c(O)ccc2c(-c3ccccc3C(=O)O)c3ccc4cc(=O)ccc4c3oc12.[CH3-].[CH3-].[CH3-].[K+].[K+].[K+]. The van der Waals surface area contributed by atoms with E-state index in [1.54, 1.807) is 42.5 Å². The van der Waals surface area contributed by atoms with Gasteiger partial charge in [0.1, 0.15) is 16.9 Å². The Kier molecular flexibility index (Phi) is 28.5. The van der Waals surface area contributed by atoms with E-state index in [1.807, 2.05) is 86.4 Å². The largest absolute Gasteiger partial charge is 1.00 e. The summed E-state index contributed by atoms with van der Waals surface area (Å²) in [6, 6.07) is 32.9. The van der Waals surface area contributed by atoms with Crippen LogP contribution in [-0.4, -0.2) is 44.1 Å². The second-order valence-corrected chi connectivity index (χ2v) is 13.7. The number of para-hydroxylation sites is 1. The Balaban J connectivity index is 0.00000414. The van der Waals surface area contributed by atoms with E-state index in [2.05, 4.69) is 28.2 Å². The topological polar surface area (TPSA) is 116 Å². The number of benzene rings is 5. The van der Waals surface area contributed by atoms with Crippen molar-refractivity contribution in [3.8, 4) is 16.9 Å². The van der Waals surface area contributed by atoms with Gasteiger partial charge in [-0.1, -0.05) is 69.3 Å². The smallest absolute Gasteiger partial charge is 0.507 e. The summed E-state index contributed by atoms with van der Waals surface area (Å²) in [6.45, 7) is 8.73. The number of aromatic nitrogens is 1. The Morgan fingerprint density at radius 1 is 0.797 bits per heavy atom. The molecule has 0 unspecified atom stereocenters. The number of nitrogens with one attached hydrogen (secondary N) is 1. The molecule has 0 fully saturated rings. The van der Waals surface area contributed by atoms with Crippen LogP contribution in [0, 0.1) is 22.3 Å². The fourth-order valence-electron chi connectivity index (χ4n) is 6.64. The van der Waals surface area contributed by atoms with Gasteiger partial charge < -0.3 is 42.2 Å². The normalized spacial score (nSPS) is 10.0. The summed E-state index contributed by atoms with van der Waals surface area (Å²) in [6.07, 6.45) is 1.82. The summed E-state index contributed by atoms with van der Waals surface area (Å²) < 4.78 is 6.71. The number of carboxylic acids is 1. The Hall–Kier alpha value is -0.731. The monoisotopic (exact) mass is 887 g/mol. The number of anilines is 1. The zero-order chi connectivity index (χ0) is 37.3. The number of aromatic hydroxyl groups is 1. The number of rotatable bonds is 13. The predicted molar refractivity (Wildman–Crippen MR) is 237 cm³/mol. The van der Waals surface area contributed by atoms with Crippen LogP contribution in [0.4, 0.5) is 5.69 Å². The molecule has 0 aliphatic carbocycles. The predicted octanol–water partition coefficient (Wildman–Crippen LogP) is 2.32. The van der Waals surface area contributed by atoms with Gasteiger partial charge in [0, 0.05) is 65.5 Å². The van der Waals surface area contributed by atoms with Crippen LogP contribution in [0.2, 0.25) is 0 Å². The molecule has 0 spiro atoms. The molecule has 3 N–H and O–H groups in total. The van der Waals surface area contributed by atoms with Crippen LogP contribution in [0.5, 0.6) is 5.75 Å². The quantitative estimate of drug-likeness (QED) is 0.0529. The zero-order valence-electron chi connectivity index (χ0n) is 36.1. The van der Waals surface area contributed by atoms with Gasteiger partial charge in [0.15, 0.2) is 5.43 Å². The summed E-state index contributed by atoms with van der Waals surface area (Å²) in [5.74, 6) is 1.07. The maximum absolute atomic E-state index is 12.5. The van der Waals surface area contributed by atoms with Gasteiger partial charge in [-0.15, -0.1) is 0 Å². The molecule has 0 aliphatic heterocycles. The Morgan fingerprint density at radius 2 is 1.46 bits per heavy atom. The van der Waals surface area contributed by atoms with Crippen molar-refractivity contribution in [3.05, 3.63) is 170 Å². The summed E-state index contributed by atoms with van der Waals surface area (Å²) in [7, 11) is 0. The van der Waals surface area contributed by atoms with E-state index in [0.29, 0.717) is 55.9 Å². The number of thioether (sulfide) groups is 1. The third-order valence-electron chi connectivity index (χ3n) is 9.08. The van der Waals surface area contributed by atoms with E-state index in [9.17, 15) is 19.8 Å². The van der Waals surface area contributed by atoms with E-state index in [4.69, 9.17) is 4.42 Å². The molecule has 0 atom stereocenters. The summed E-state index contributed by atoms with van der Waals surface area (Å²) in [5, 5.41) is 27.9. The van der Waals surface area contributed by atoms with Crippen molar-refractivity contribution < 1.29 is 174 Å². The van der Waals surface area contributed by atoms with Crippen molar-refractivity contribution in [1.82, 2.24) is 9.88 Å². The van der Waals surface area contributed by atoms with Gasteiger partial charge >= 0.3 is 160 Å². The number of carbonyl (C=O) groups is 1. The molecule has 0 amide bonds. The van der Waals surface area contributed by atoms with Gasteiger partial charge in [-0.05, 0) is 82.9 Å². The molecule has 294 valence electrons. The zero-order valence-corrected chi connectivity index (χ0v) is 46.3.